The molecule has 3 aromatic heterocycles. The van der Waals surface area contributed by atoms with Gasteiger partial charge in [0.05, 0.1) is 18.0 Å². The van der Waals surface area contributed by atoms with Crippen LogP contribution >= 0.6 is 11.3 Å². The molecule has 12 nitrogen and oxygen atoms in total. The minimum atomic E-state index is -3.24. The molecule has 0 spiro atoms. The van der Waals surface area contributed by atoms with Crippen LogP contribution in [0.15, 0.2) is 27.5 Å². The molecule has 1 N–H and O–H groups in total. The third kappa shape index (κ3) is 4.23. The number of nitrogens with one attached hydrogen (secondary N) is 1. The zero-order chi connectivity index (χ0) is 23.0. The average Bonchev–Trinajstić information content (AvgIpc) is 3.47. The van der Waals surface area contributed by atoms with Crippen LogP contribution in [0.2, 0.25) is 0 Å². The number of anilines is 2. The Morgan fingerprint density at radius 2 is 2.16 bits per heavy atom. The van der Waals surface area contributed by atoms with Crippen LogP contribution in [0.3, 0.4) is 0 Å². The number of carbonyl (C=O) groups excluding carboxylic acids is 1. The molecule has 1 saturated heterocycles. The van der Waals surface area contributed by atoms with E-state index < -0.39 is 26.6 Å². The number of sulfone groups is 1. The lowest BCUT2D eigenvalue weighted by Gasteiger charge is -2.20. The predicted molar refractivity (Wildman–Crippen MR) is 117 cm³/mol. The largest absolute Gasteiger partial charge is 0.488 e. The van der Waals surface area contributed by atoms with Crippen LogP contribution in [0, 0.1) is 6.92 Å². The van der Waals surface area contributed by atoms with Crippen molar-refractivity contribution in [3.05, 3.63) is 40.2 Å². The monoisotopic (exact) mass is 480 g/mol. The second-order valence-corrected chi connectivity index (χ2v) is 10.5. The van der Waals surface area contributed by atoms with Crippen LogP contribution in [0.1, 0.15) is 22.7 Å². The zero-order valence-electron chi connectivity index (χ0n) is 17.4. The van der Waals surface area contributed by atoms with Crippen molar-refractivity contribution < 1.29 is 22.4 Å². The smallest absolute Gasteiger partial charge is 0.381 e. The fourth-order valence-corrected chi connectivity index (χ4v) is 5.12. The van der Waals surface area contributed by atoms with Crippen LogP contribution in [-0.2, 0) is 9.84 Å². The van der Waals surface area contributed by atoms with Gasteiger partial charge >= 0.3 is 5.63 Å². The third-order valence-electron chi connectivity index (χ3n) is 5.06. The fourth-order valence-electron chi connectivity index (χ4n) is 3.38. The molecular weight excluding hydrogens is 460 g/mol. The number of nitrogens with zero attached hydrogens (tertiary/aromatic N) is 5. The van der Waals surface area contributed by atoms with Crippen molar-refractivity contribution in [1.82, 2.24) is 20.0 Å². The minimum Gasteiger partial charge on any atom is -0.488 e. The molecule has 4 heterocycles. The van der Waals surface area contributed by atoms with Gasteiger partial charge < -0.3 is 14.1 Å². The van der Waals surface area contributed by atoms with E-state index in [0.29, 0.717) is 23.8 Å². The summed E-state index contributed by atoms with van der Waals surface area (Å²) in [4.78, 5) is 26.9. The predicted octanol–water partition coefficient (Wildman–Crippen LogP) is 0.870. The molecular formula is C18H20N6O6S2. The van der Waals surface area contributed by atoms with Gasteiger partial charge in [-0.2, -0.15) is 5.10 Å². The molecule has 170 valence electrons. The summed E-state index contributed by atoms with van der Waals surface area (Å²) in [6.45, 7) is 2.43. The summed E-state index contributed by atoms with van der Waals surface area (Å²) in [5, 5.41) is 14.7. The lowest BCUT2D eigenvalue weighted by atomic mass is 10.3. The standard InChI is InChI=1S/C18H20N6O6S2/c1-10-4-6-19-24(10)18-22-21-17(31-18)20-15(25)13-8-12(14(29-2)16(26)30-13)23-7-5-11(9-23)32(3,27)28/h4,6,8,11H,5,7,9H2,1-3H3,(H,20,21,25)/t11-/m0/s1. The van der Waals surface area contributed by atoms with Crippen molar-refractivity contribution in [1.29, 1.82) is 0 Å². The highest BCUT2D eigenvalue weighted by atomic mass is 32.2. The maximum atomic E-state index is 12.7. The number of amides is 1. The number of carbonyl (C=O) groups is 1. The van der Waals surface area contributed by atoms with Gasteiger partial charge in [-0.25, -0.2) is 17.9 Å². The van der Waals surface area contributed by atoms with Crippen LogP contribution in [0.4, 0.5) is 10.8 Å². The molecule has 3 aromatic rings. The Hall–Kier alpha value is -3.26. The van der Waals surface area contributed by atoms with Crippen molar-refractivity contribution in [3.63, 3.8) is 0 Å². The molecule has 1 aliphatic rings. The second kappa shape index (κ2) is 8.35. The van der Waals surface area contributed by atoms with E-state index in [0.717, 1.165) is 17.0 Å². The van der Waals surface area contributed by atoms with Gasteiger partial charge in [0, 0.05) is 37.3 Å². The Kier molecular flexibility index (Phi) is 5.73. The van der Waals surface area contributed by atoms with E-state index in [1.54, 1.807) is 21.8 Å². The molecule has 0 bridgehead atoms. The van der Waals surface area contributed by atoms with Gasteiger partial charge in [-0.3, -0.25) is 10.1 Å². The number of rotatable bonds is 6. The summed E-state index contributed by atoms with van der Waals surface area (Å²) in [6.07, 6.45) is 3.21. The molecule has 0 aliphatic carbocycles. The quantitative estimate of drug-likeness (QED) is 0.538. The molecule has 32 heavy (non-hydrogen) atoms. The Labute approximate surface area is 186 Å². The molecule has 1 atom stereocenters. The van der Waals surface area contributed by atoms with Crippen LogP contribution in [0.25, 0.3) is 5.13 Å². The summed E-state index contributed by atoms with van der Waals surface area (Å²) in [7, 11) is -1.94. The Bertz CT molecular complexity index is 1330. The van der Waals surface area contributed by atoms with Gasteiger partial charge in [0.15, 0.2) is 15.6 Å². The topological polar surface area (TPSA) is 150 Å². The summed E-state index contributed by atoms with van der Waals surface area (Å²) in [5.41, 5.74) is 0.302. The van der Waals surface area contributed by atoms with E-state index in [1.165, 1.54) is 19.4 Å². The first-order valence-electron chi connectivity index (χ1n) is 9.49. The number of aromatic nitrogens is 4. The van der Waals surface area contributed by atoms with Crippen LogP contribution in [0.5, 0.6) is 5.75 Å². The maximum Gasteiger partial charge on any atom is 0.381 e. The normalized spacial score (nSPS) is 16.3. The van der Waals surface area contributed by atoms with Crippen molar-refractivity contribution in [2.24, 2.45) is 0 Å². The molecule has 4 rings (SSSR count). The highest BCUT2D eigenvalue weighted by Crippen LogP contribution is 2.31. The molecule has 0 saturated carbocycles. The Morgan fingerprint density at radius 1 is 1.38 bits per heavy atom. The summed E-state index contributed by atoms with van der Waals surface area (Å²) in [6, 6.07) is 3.17. The second-order valence-electron chi connectivity index (χ2n) is 7.23. The summed E-state index contributed by atoms with van der Waals surface area (Å²) in [5.74, 6) is -1.06. The highest BCUT2D eigenvalue weighted by molar-refractivity contribution is 7.91. The lowest BCUT2D eigenvalue weighted by Crippen LogP contribution is -2.28. The first kappa shape index (κ1) is 22.0. The minimum absolute atomic E-state index is 0.0944. The molecule has 0 radical (unpaired) electrons. The summed E-state index contributed by atoms with van der Waals surface area (Å²) < 4.78 is 35.7. The van der Waals surface area contributed by atoms with E-state index >= 15 is 0 Å². The molecule has 1 fully saturated rings. The molecule has 1 aliphatic heterocycles. The van der Waals surface area contributed by atoms with Gasteiger partial charge in [0.2, 0.25) is 16.0 Å². The van der Waals surface area contributed by atoms with Gasteiger partial charge in [-0.15, -0.1) is 10.2 Å². The van der Waals surface area contributed by atoms with Crippen LogP contribution in [-0.4, -0.2) is 66.0 Å². The fraction of sp³-hybridized carbons (Fsp3) is 0.389. The molecule has 0 unspecified atom stereocenters. The maximum absolute atomic E-state index is 12.7. The molecule has 14 heteroatoms. The molecule has 1 amide bonds. The highest BCUT2D eigenvalue weighted by Gasteiger charge is 2.33. The zero-order valence-corrected chi connectivity index (χ0v) is 19.1. The number of hydrogen-bond donors (Lipinski definition) is 1. The van der Waals surface area contributed by atoms with Gasteiger partial charge in [0.1, 0.15) is 0 Å². The summed E-state index contributed by atoms with van der Waals surface area (Å²) >= 11 is 1.10. The first-order valence-corrected chi connectivity index (χ1v) is 12.3. The third-order valence-corrected chi connectivity index (χ3v) is 7.47. The Morgan fingerprint density at radius 3 is 2.78 bits per heavy atom. The SMILES string of the molecule is COc1c(N2CC[C@H](S(C)(=O)=O)C2)cc(C(=O)Nc2nnc(-n3nccc3C)s2)oc1=O. The van der Waals surface area contributed by atoms with E-state index in [2.05, 4.69) is 20.6 Å². The first-order chi connectivity index (χ1) is 15.2. The van der Waals surface area contributed by atoms with Crippen molar-refractivity contribution in [2.75, 3.05) is 36.7 Å². The molecule has 0 aromatic carbocycles. The van der Waals surface area contributed by atoms with Crippen LogP contribution < -0.4 is 20.6 Å². The Balaban J connectivity index is 1.59. The number of methoxy groups -OCH3 is 1. The van der Waals surface area contributed by atoms with Crippen molar-refractivity contribution >= 4 is 37.9 Å². The van der Waals surface area contributed by atoms with Crippen molar-refractivity contribution in [2.45, 2.75) is 18.6 Å². The average molecular weight is 481 g/mol. The van der Waals surface area contributed by atoms with Crippen molar-refractivity contribution in [3.8, 4) is 10.9 Å². The van der Waals surface area contributed by atoms with Gasteiger partial charge in [-0.05, 0) is 19.4 Å². The number of ether oxygens (including phenoxy) is 1. The van der Waals surface area contributed by atoms with Gasteiger partial charge in [0.25, 0.3) is 5.91 Å². The van der Waals surface area contributed by atoms with Gasteiger partial charge in [-0.1, -0.05) is 11.3 Å². The van der Waals surface area contributed by atoms with E-state index in [1.807, 2.05) is 6.92 Å². The number of aryl methyl sites for hydroxylation is 1. The number of hydrogen-bond acceptors (Lipinski definition) is 11. The van der Waals surface area contributed by atoms with E-state index in [4.69, 9.17) is 9.15 Å². The lowest BCUT2D eigenvalue weighted by molar-refractivity contribution is 0.0991. The van der Waals surface area contributed by atoms with E-state index in [9.17, 15) is 18.0 Å². The van der Waals surface area contributed by atoms with E-state index in [-0.39, 0.29) is 23.2 Å².